The second-order valence-corrected chi connectivity index (χ2v) is 11.7. The fraction of sp³-hybridized carbons (Fsp3) is 0.375. The predicted octanol–water partition coefficient (Wildman–Crippen LogP) is 2.91. The third-order valence-corrected chi connectivity index (χ3v) is 6.84. The number of amides is 4. The number of nitrogens with one attached hydrogen (secondary N) is 4. The van der Waals surface area contributed by atoms with Crippen molar-refractivity contribution in [3.8, 4) is 0 Å². The summed E-state index contributed by atoms with van der Waals surface area (Å²) in [7, 11) is 0. The number of nitrogens with zero attached hydrogens (tertiary/aromatic N) is 1. The molecule has 3 rings (SSSR count). The largest absolute Gasteiger partial charge is 0.345 e. The van der Waals surface area contributed by atoms with Crippen LogP contribution in [0.2, 0.25) is 0 Å². The van der Waals surface area contributed by atoms with Crippen molar-refractivity contribution in [3.05, 3.63) is 78.1 Å². The summed E-state index contributed by atoms with van der Waals surface area (Å²) < 4.78 is 0. The standard InChI is InChI=1S/C32H39N5O5/c1-19(2)25(26(38)30(41)34-16-21-12-8-7-9-13-21)36-28(39)20(3)35-31(42)27(32(4,5)6)37-29(40)24-18-33-17-22-14-10-11-15-23(22)24/h7-15,17-20,25,27H,16H2,1-6H3,(H,34,41)(H,35,42)(H,36,39)(H,37,40)/t20?,25-,27+/m0/s1. The normalized spacial score (nSPS) is 13.5. The van der Waals surface area contributed by atoms with E-state index in [2.05, 4.69) is 26.3 Å². The highest BCUT2D eigenvalue weighted by atomic mass is 16.2. The van der Waals surface area contributed by atoms with Gasteiger partial charge in [0.05, 0.1) is 11.6 Å². The van der Waals surface area contributed by atoms with Crippen LogP contribution in [0, 0.1) is 11.3 Å². The molecular formula is C32H39N5O5. The molecule has 2 aromatic carbocycles. The molecule has 1 heterocycles. The molecule has 3 aromatic rings. The second-order valence-electron chi connectivity index (χ2n) is 11.7. The van der Waals surface area contributed by atoms with Crippen molar-refractivity contribution in [2.24, 2.45) is 11.3 Å². The van der Waals surface area contributed by atoms with Crippen LogP contribution in [0.4, 0.5) is 0 Å². The molecule has 42 heavy (non-hydrogen) atoms. The highest BCUT2D eigenvalue weighted by Crippen LogP contribution is 2.22. The van der Waals surface area contributed by atoms with E-state index >= 15 is 0 Å². The van der Waals surface area contributed by atoms with Crippen molar-refractivity contribution in [3.63, 3.8) is 0 Å². The smallest absolute Gasteiger partial charge is 0.289 e. The molecule has 0 aliphatic rings. The fourth-order valence-corrected chi connectivity index (χ4v) is 4.36. The van der Waals surface area contributed by atoms with E-state index in [1.165, 1.54) is 13.1 Å². The number of rotatable bonds is 11. The van der Waals surface area contributed by atoms with Crippen LogP contribution < -0.4 is 21.3 Å². The fourth-order valence-electron chi connectivity index (χ4n) is 4.36. The zero-order chi connectivity index (χ0) is 31.0. The third-order valence-electron chi connectivity index (χ3n) is 6.84. The number of hydrogen-bond acceptors (Lipinski definition) is 6. The van der Waals surface area contributed by atoms with Crippen LogP contribution in [-0.4, -0.2) is 52.5 Å². The number of aromatic nitrogens is 1. The van der Waals surface area contributed by atoms with Gasteiger partial charge in [-0.2, -0.15) is 0 Å². The minimum atomic E-state index is -1.09. The average molecular weight is 574 g/mol. The number of benzene rings is 2. The van der Waals surface area contributed by atoms with Gasteiger partial charge in [0.2, 0.25) is 17.6 Å². The molecule has 10 nitrogen and oxygen atoms in total. The molecule has 4 amide bonds. The molecular weight excluding hydrogens is 534 g/mol. The van der Waals surface area contributed by atoms with E-state index in [4.69, 9.17) is 0 Å². The van der Waals surface area contributed by atoms with Gasteiger partial charge in [0, 0.05) is 24.3 Å². The summed E-state index contributed by atoms with van der Waals surface area (Å²) in [6.45, 7) is 10.5. The molecule has 0 bridgehead atoms. The first-order chi connectivity index (χ1) is 19.8. The van der Waals surface area contributed by atoms with Crippen LogP contribution in [0.1, 0.15) is 57.5 Å². The van der Waals surface area contributed by atoms with Crippen molar-refractivity contribution in [1.29, 1.82) is 0 Å². The van der Waals surface area contributed by atoms with Crippen molar-refractivity contribution >= 4 is 40.2 Å². The zero-order valence-electron chi connectivity index (χ0n) is 24.9. The number of carbonyl (C=O) groups is 5. The van der Waals surface area contributed by atoms with Gasteiger partial charge < -0.3 is 21.3 Å². The Morgan fingerprint density at radius 1 is 0.786 bits per heavy atom. The van der Waals surface area contributed by atoms with Crippen molar-refractivity contribution < 1.29 is 24.0 Å². The number of hydrogen-bond donors (Lipinski definition) is 4. The quantitative estimate of drug-likeness (QED) is 0.260. The molecule has 222 valence electrons. The number of pyridine rings is 1. The van der Waals surface area contributed by atoms with Crippen LogP contribution in [0.3, 0.4) is 0 Å². The predicted molar refractivity (Wildman–Crippen MR) is 160 cm³/mol. The molecule has 10 heteroatoms. The van der Waals surface area contributed by atoms with Gasteiger partial charge >= 0.3 is 0 Å². The number of Topliss-reactive ketones (excluding diaryl/α,β-unsaturated/α-hetero) is 1. The Morgan fingerprint density at radius 2 is 1.43 bits per heavy atom. The van der Waals surface area contributed by atoms with E-state index in [1.54, 1.807) is 46.9 Å². The third kappa shape index (κ3) is 8.22. The SMILES string of the molecule is CC(NC(=O)[C@@H](NC(=O)c1cncc2ccccc12)C(C)(C)C)C(=O)N[C@H](C(=O)C(=O)NCc1ccccc1)C(C)C. The summed E-state index contributed by atoms with van der Waals surface area (Å²) in [5.41, 5.74) is 0.448. The summed E-state index contributed by atoms with van der Waals surface area (Å²) in [6.07, 6.45) is 3.10. The highest BCUT2D eigenvalue weighted by Gasteiger charge is 2.36. The Kier molecular flexibility index (Phi) is 10.5. The van der Waals surface area contributed by atoms with E-state index in [1.807, 2.05) is 48.5 Å². The molecule has 0 aliphatic heterocycles. The number of carbonyl (C=O) groups excluding carboxylic acids is 5. The van der Waals surface area contributed by atoms with E-state index < -0.39 is 53.0 Å². The first-order valence-corrected chi connectivity index (χ1v) is 13.9. The first-order valence-electron chi connectivity index (χ1n) is 13.9. The molecule has 1 aromatic heterocycles. The zero-order valence-corrected chi connectivity index (χ0v) is 24.9. The van der Waals surface area contributed by atoms with Crippen LogP contribution in [0.5, 0.6) is 0 Å². The summed E-state index contributed by atoms with van der Waals surface area (Å²) in [6, 6.07) is 13.3. The Hall–Kier alpha value is -4.60. The Labute approximate surface area is 246 Å². The van der Waals surface area contributed by atoms with Gasteiger partial charge in [0.15, 0.2) is 0 Å². The molecule has 0 spiro atoms. The van der Waals surface area contributed by atoms with Crippen LogP contribution >= 0.6 is 0 Å². The van der Waals surface area contributed by atoms with Crippen LogP contribution in [0.25, 0.3) is 10.8 Å². The topological polar surface area (TPSA) is 146 Å². The van der Waals surface area contributed by atoms with E-state index in [0.29, 0.717) is 10.9 Å². The van der Waals surface area contributed by atoms with E-state index in [-0.39, 0.29) is 12.5 Å². The van der Waals surface area contributed by atoms with Crippen molar-refractivity contribution in [2.75, 3.05) is 0 Å². The van der Waals surface area contributed by atoms with Crippen LogP contribution in [0.15, 0.2) is 67.0 Å². The highest BCUT2D eigenvalue weighted by molar-refractivity contribution is 6.38. The lowest BCUT2D eigenvalue weighted by molar-refractivity contribution is -0.141. The number of fused-ring (bicyclic) bond motifs is 1. The van der Waals surface area contributed by atoms with Gasteiger partial charge in [-0.25, -0.2) is 0 Å². The van der Waals surface area contributed by atoms with Gasteiger partial charge in [-0.1, -0.05) is 89.2 Å². The van der Waals surface area contributed by atoms with Gasteiger partial charge in [-0.05, 0) is 29.2 Å². The molecule has 4 N–H and O–H groups in total. The lowest BCUT2D eigenvalue weighted by Crippen LogP contribution is -2.59. The Bertz CT molecular complexity index is 1440. The minimum Gasteiger partial charge on any atom is -0.345 e. The summed E-state index contributed by atoms with van der Waals surface area (Å²) in [4.78, 5) is 69.3. The minimum absolute atomic E-state index is 0.172. The Morgan fingerprint density at radius 3 is 2.07 bits per heavy atom. The Balaban J connectivity index is 1.66. The maximum absolute atomic E-state index is 13.4. The van der Waals surface area contributed by atoms with Crippen molar-refractivity contribution in [1.82, 2.24) is 26.3 Å². The lowest BCUT2D eigenvalue weighted by atomic mass is 9.85. The summed E-state index contributed by atoms with van der Waals surface area (Å²) in [5.74, 6) is -3.66. The second kappa shape index (κ2) is 13.8. The molecule has 0 saturated heterocycles. The van der Waals surface area contributed by atoms with Gasteiger partial charge in [0.1, 0.15) is 12.1 Å². The van der Waals surface area contributed by atoms with Crippen molar-refractivity contribution in [2.45, 2.75) is 66.2 Å². The average Bonchev–Trinajstić information content (AvgIpc) is 2.96. The maximum Gasteiger partial charge on any atom is 0.289 e. The van der Waals surface area contributed by atoms with E-state index in [9.17, 15) is 24.0 Å². The molecule has 0 radical (unpaired) electrons. The van der Waals surface area contributed by atoms with Gasteiger partial charge in [0.25, 0.3) is 11.8 Å². The summed E-state index contributed by atoms with van der Waals surface area (Å²) >= 11 is 0. The van der Waals surface area contributed by atoms with Gasteiger partial charge in [-0.3, -0.25) is 29.0 Å². The molecule has 0 saturated carbocycles. The molecule has 0 aliphatic carbocycles. The molecule has 3 atom stereocenters. The molecule has 0 fully saturated rings. The number of ketones is 1. The van der Waals surface area contributed by atoms with Crippen LogP contribution in [-0.2, 0) is 25.7 Å². The monoisotopic (exact) mass is 573 g/mol. The summed E-state index contributed by atoms with van der Waals surface area (Å²) in [5, 5.41) is 12.1. The lowest BCUT2D eigenvalue weighted by Gasteiger charge is -2.31. The maximum atomic E-state index is 13.4. The first kappa shape index (κ1) is 31.9. The van der Waals surface area contributed by atoms with Gasteiger partial charge in [-0.15, -0.1) is 0 Å². The molecule has 1 unspecified atom stereocenters. The van der Waals surface area contributed by atoms with E-state index in [0.717, 1.165) is 10.9 Å².